The van der Waals surface area contributed by atoms with Gasteiger partial charge in [0.2, 0.25) is 5.91 Å². The second kappa shape index (κ2) is 7.92. The van der Waals surface area contributed by atoms with Crippen molar-refractivity contribution in [1.29, 1.82) is 0 Å². The number of aromatic nitrogens is 4. The average Bonchev–Trinajstić information content (AvgIpc) is 3.16. The van der Waals surface area contributed by atoms with Gasteiger partial charge >= 0.3 is 6.01 Å². The monoisotopic (exact) mass is 430 g/mol. The van der Waals surface area contributed by atoms with Crippen LogP contribution < -0.4 is 11.1 Å². The first kappa shape index (κ1) is 21.5. The molecule has 2 aromatic heterocycles. The number of sulfone groups is 1. The van der Waals surface area contributed by atoms with Crippen LogP contribution in [0.15, 0.2) is 46.0 Å². The van der Waals surface area contributed by atoms with Gasteiger partial charge in [-0.3, -0.25) is 15.1 Å². The lowest BCUT2D eigenvalue weighted by atomic mass is 10.1. The zero-order valence-electron chi connectivity index (χ0n) is 16.9. The van der Waals surface area contributed by atoms with E-state index in [1.54, 1.807) is 39.8 Å². The Kier molecular flexibility index (Phi) is 5.68. The number of carbonyl (C=O) groups excluding carboxylic acids is 1. The van der Waals surface area contributed by atoms with E-state index in [2.05, 4.69) is 25.5 Å². The maximum absolute atomic E-state index is 12.3. The van der Waals surface area contributed by atoms with Gasteiger partial charge in [0, 0.05) is 5.56 Å². The van der Waals surface area contributed by atoms with Crippen LogP contribution in [0.3, 0.4) is 0 Å². The smallest absolute Gasteiger partial charge is 0.322 e. The van der Waals surface area contributed by atoms with E-state index >= 15 is 0 Å². The molecule has 0 spiro atoms. The molecule has 1 amide bonds. The maximum Gasteiger partial charge on any atom is 0.322 e. The van der Waals surface area contributed by atoms with Crippen LogP contribution >= 0.6 is 0 Å². The van der Waals surface area contributed by atoms with E-state index in [9.17, 15) is 13.2 Å². The molecule has 0 aliphatic rings. The summed E-state index contributed by atoms with van der Waals surface area (Å²) >= 11 is 0. The lowest BCUT2D eigenvalue weighted by Crippen LogP contribution is -2.45. The summed E-state index contributed by atoms with van der Waals surface area (Å²) in [5.74, 6) is -0.414. The molecule has 0 aliphatic heterocycles. The average molecular weight is 430 g/mol. The first-order valence-corrected chi connectivity index (χ1v) is 10.6. The summed E-state index contributed by atoms with van der Waals surface area (Å²) in [6.45, 7) is 6.36. The third-order valence-electron chi connectivity index (χ3n) is 4.18. The Bertz CT molecular complexity index is 1160. The van der Waals surface area contributed by atoms with E-state index in [4.69, 9.17) is 10.2 Å². The van der Waals surface area contributed by atoms with Crippen LogP contribution in [0.2, 0.25) is 0 Å². The molecule has 3 aromatic rings. The fraction of sp³-hybridized carbons (Fsp3) is 0.316. The number of carbonyl (C=O) groups is 1. The van der Waals surface area contributed by atoms with Gasteiger partial charge in [-0.15, -0.1) is 5.10 Å². The van der Waals surface area contributed by atoms with Crippen LogP contribution in [-0.4, -0.2) is 45.3 Å². The van der Waals surface area contributed by atoms with Crippen molar-refractivity contribution >= 4 is 21.8 Å². The number of nitrogens with one attached hydrogen (secondary N) is 1. The van der Waals surface area contributed by atoms with E-state index in [-0.39, 0.29) is 16.8 Å². The minimum absolute atomic E-state index is 0.0634. The number of benzene rings is 1. The highest BCUT2D eigenvalue weighted by atomic mass is 32.2. The number of rotatable bonds is 6. The van der Waals surface area contributed by atoms with Crippen molar-refractivity contribution < 1.29 is 17.6 Å². The molecule has 0 unspecified atom stereocenters. The van der Waals surface area contributed by atoms with Gasteiger partial charge in [-0.2, -0.15) is 0 Å². The summed E-state index contributed by atoms with van der Waals surface area (Å²) in [5.41, 5.74) is 6.08. The highest BCUT2D eigenvalue weighted by Gasteiger charge is 2.24. The van der Waals surface area contributed by atoms with Gasteiger partial charge in [0.05, 0.1) is 33.8 Å². The Balaban J connectivity index is 1.85. The SMILES string of the molecule is CC(C)S(=O)(=O)c1ccc(-c2cncc(-c3nnc(NC(=O)C(C)(C)N)o3)n2)cc1. The van der Waals surface area contributed by atoms with Crippen molar-refractivity contribution in [2.75, 3.05) is 5.32 Å². The molecule has 0 radical (unpaired) electrons. The third kappa shape index (κ3) is 4.52. The molecule has 11 heteroatoms. The fourth-order valence-electron chi connectivity index (χ4n) is 2.33. The van der Waals surface area contributed by atoms with Crippen molar-refractivity contribution in [3.8, 4) is 22.8 Å². The van der Waals surface area contributed by atoms with Crippen LogP contribution in [0.1, 0.15) is 27.7 Å². The quantitative estimate of drug-likeness (QED) is 0.598. The van der Waals surface area contributed by atoms with Crippen molar-refractivity contribution in [1.82, 2.24) is 20.2 Å². The van der Waals surface area contributed by atoms with Gasteiger partial charge in [-0.1, -0.05) is 17.2 Å². The number of nitrogens with two attached hydrogens (primary N) is 1. The highest BCUT2D eigenvalue weighted by Crippen LogP contribution is 2.24. The highest BCUT2D eigenvalue weighted by molar-refractivity contribution is 7.92. The first-order chi connectivity index (χ1) is 14.0. The molecule has 3 N–H and O–H groups in total. The molecule has 10 nitrogen and oxygen atoms in total. The Labute approximate surface area is 173 Å². The molecule has 0 saturated heterocycles. The molecule has 0 atom stereocenters. The normalized spacial score (nSPS) is 12.2. The Morgan fingerprint density at radius 1 is 1.10 bits per heavy atom. The Morgan fingerprint density at radius 3 is 2.33 bits per heavy atom. The number of hydrogen-bond donors (Lipinski definition) is 2. The molecule has 3 rings (SSSR count). The molecular formula is C19H22N6O4S. The third-order valence-corrected chi connectivity index (χ3v) is 6.35. The molecule has 30 heavy (non-hydrogen) atoms. The number of anilines is 1. The molecule has 1 aromatic carbocycles. The number of amides is 1. The van der Waals surface area contributed by atoms with Gasteiger partial charge in [-0.25, -0.2) is 13.4 Å². The van der Waals surface area contributed by atoms with Gasteiger partial charge in [-0.05, 0) is 39.8 Å². The van der Waals surface area contributed by atoms with Crippen molar-refractivity contribution in [3.05, 3.63) is 36.7 Å². The standard InChI is InChI=1S/C19H22N6O4S/c1-11(2)30(27,28)13-7-5-12(6-8-13)14-9-21-10-15(22-14)16-24-25-18(29-16)23-17(26)19(3,4)20/h5-11H,20H2,1-4H3,(H,23,25,26). The topological polar surface area (TPSA) is 154 Å². The van der Waals surface area contributed by atoms with Crippen LogP contribution in [0.25, 0.3) is 22.8 Å². The zero-order valence-corrected chi connectivity index (χ0v) is 17.8. The summed E-state index contributed by atoms with van der Waals surface area (Å²) in [4.78, 5) is 20.7. The summed E-state index contributed by atoms with van der Waals surface area (Å²) in [7, 11) is -3.36. The second-order valence-electron chi connectivity index (χ2n) is 7.50. The molecule has 0 fully saturated rings. The van der Waals surface area contributed by atoms with Crippen molar-refractivity contribution in [2.45, 2.75) is 43.4 Å². The largest absolute Gasteiger partial charge is 0.401 e. The predicted molar refractivity (Wildman–Crippen MR) is 110 cm³/mol. The molecule has 0 saturated carbocycles. The minimum Gasteiger partial charge on any atom is -0.401 e. The minimum atomic E-state index is -3.36. The number of nitrogens with zero attached hydrogens (tertiary/aromatic N) is 4. The summed E-state index contributed by atoms with van der Waals surface area (Å²) in [6, 6.07) is 6.28. The van der Waals surface area contributed by atoms with Crippen LogP contribution in [-0.2, 0) is 14.6 Å². The lowest BCUT2D eigenvalue weighted by Gasteiger charge is -2.15. The van der Waals surface area contributed by atoms with Crippen LogP contribution in [0.4, 0.5) is 6.01 Å². The lowest BCUT2D eigenvalue weighted by molar-refractivity contribution is -0.120. The van der Waals surface area contributed by atoms with E-state index in [0.717, 1.165) is 0 Å². The molecule has 158 valence electrons. The maximum atomic E-state index is 12.3. The van der Waals surface area contributed by atoms with Gasteiger partial charge in [0.15, 0.2) is 9.84 Å². The summed E-state index contributed by atoms with van der Waals surface area (Å²) in [6.07, 6.45) is 2.97. The van der Waals surface area contributed by atoms with Gasteiger partial charge in [0.1, 0.15) is 5.69 Å². The van der Waals surface area contributed by atoms with Crippen LogP contribution in [0.5, 0.6) is 0 Å². The van der Waals surface area contributed by atoms with E-state index in [1.165, 1.54) is 24.5 Å². The van der Waals surface area contributed by atoms with Crippen LogP contribution in [0, 0.1) is 0 Å². The Morgan fingerprint density at radius 2 is 1.73 bits per heavy atom. The van der Waals surface area contributed by atoms with Crippen molar-refractivity contribution in [3.63, 3.8) is 0 Å². The summed E-state index contributed by atoms with van der Waals surface area (Å²) in [5, 5.41) is 9.56. The van der Waals surface area contributed by atoms with Gasteiger partial charge < -0.3 is 10.2 Å². The Hall–Kier alpha value is -3.18. The number of hydrogen-bond acceptors (Lipinski definition) is 9. The first-order valence-electron chi connectivity index (χ1n) is 9.09. The molecule has 0 aliphatic carbocycles. The summed E-state index contributed by atoms with van der Waals surface area (Å²) < 4.78 is 30.0. The van der Waals surface area contributed by atoms with E-state index in [1.807, 2.05) is 0 Å². The predicted octanol–water partition coefficient (Wildman–Crippen LogP) is 2.05. The van der Waals surface area contributed by atoms with E-state index < -0.39 is 26.5 Å². The molecule has 2 heterocycles. The molecular weight excluding hydrogens is 408 g/mol. The fourth-order valence-corrected chi connectivity index (χ4v) is 3.39. The second-order valence-corrected chi connectivity index (χ2v) is 10.0. The zero-order chi connectivity index (χ0) is 22.1. The molecule has 0 bridgehead atoms. The van der Waals surface area contributed by atoms with E-state index in [0.29, 0.717) is 17.0 Å². The van der Waals surface area contributed by atoms with Crippen molar-refractivity contribution in [2.24, 2.45) is 5.73 Å². The van der Waals surface area contributed by atoms with Gasteiger partial charge in [0.25, 0.3) is 5.89 Å².